The first-order chi connectivity index (χ1) is 32.6. The van der Waals surface area contributed by atoms with E-state index in [1.54, 1.807) is 12.1 Å². The predicted molar refractivity (Wildman–Crippen MR) is 270 cm³/mol. The molecule has 2 aromatic heterocycles. The molecule has 0 saturated carbocycles. The molecule has 66 heavy (non-hydrogen) atoms. The molecule has 0 aliphatic carbocycles. The molecule has 4 nitrogen and oxygen atoms in total. The van der Waals surface area contributed by atoms with Crippen LogP contribution in [-0.2, 0) is 0 Å². The Balaban J connectivity index is 0.918. The average molecular weight is 855 g/mol. The quantitative estimate of drug-likeness (QED) is 0.144. The lowest BCUT2D eigenvalue weighted by molar-refractivity contribution is 0.628. The van der Waals surface area contributed by atoms with Crippen LogP contribution < -0.4 is 9.80 Å². The maximum absolute atomic E-state index is 15.9. The van der Waals surface area contributed by atoms with Crippen LogP contribution in [0.25, 0.3) is 66.1 Å². The molecule has 10 aromatic carbocycles. The highest BCUT2D eigenvalue weighted by molar-refractivity contribution is 6.12. The van der Waals surface area contributed by atoms with Crippen LogP contribution >= 0.6 is 0 Å². The highest BCUT2D eigenvalue weighted by atomic mass is 19.1. The van der Waals surface area contributed by atoms with Crippen LogP contribution in [0.1, 0.15) is 0 Å². The summed E-state index contributed by atoms with van der Waals surface area (Å²) >= 11 is 0. The Morgan fingerprint density at radius 3 is 1.02 bits per heavy atom. The summed E-state index contributed by atoms with van der Waals surface area (Å²) in [4.78, 5) is 3.97. The molecule has 314 valence electrons. The monoisotopic (exact) mass is 854 g/mol. The topological polar surface area (TPSA) is 16.3 Å². The molecule has 0 aliphatic rings. The number of benzene rings is 10. The second-order valence-electron chi connectivity index (χ2n) is 16.4. The molecule has 0 N–H and O–H groups in total. The largest absolute Gasteiger partial charge is 0.309 e. The van der Waals surface area contributed by atoms with Gasteiger partial charge in [-0.1, -0.05) is 121 Å². The van der Waals surface area contributed by atoms with Gasteiger partial charge in [0.25, 0.3) is 0 Å². The zero-order chi connectivity index (χ0) is 44.1. The van der Waals surface area contributed by atoms with Gasteiger partial charge in [0, 0.05) is 55.7 Å². The number of aromatic nitrogens is 2. The Morgan fingerprint density at radius 2 is 0.606 bits per heavy atom. The smallest absolute Gasteiger partial charge is 0.147 e. The minimum atomic E-state index is -0.315. The van der Waals surface area contributed by atoms with Crippen LogP contribution in [0.5, 0.6) is 0 Å². The van der Waals surface area contributed by atoms with Gasteiger partial charge in [0.2, 0.25) is 0 Å². The minimum absolute atomic E-state index is 0.315. The van der Waals surface area contributed by atoms with Crippen molar-refractivity contribution in [2.45, 2.75) is 0 Å². The van der Waals surface area contributed by atoms with E-state index >= 15 is 8.78 Å². The van der Waals surface area contributed by atoms with E-state index in [9.17, 15) is 0 Å². The second kappa shape index (κ2) is 16.1. The molecule has 12 rings (SSSR count). The van der Waals surface area contributed by atoms with Crippen molar-refractivity contribution in [3.63, 3.8) is 0 Å². The van der Waals surface area contributed by atoms with Gasteiger partial charge in [0.1, 0.15) is 11.6 Å². The fraction of sp³-hybridized carbons (Fsp3) is 0. The van der Waals surface area contributed by atoms with Crippen LogP contribution in [-0.4, -0.2) is 9.13 Å². The minimum Gasteiger partial charge on any atom is -0.309 e. The molecular formula is C60H40F2N4. The maximum Gasteiger partial charge on any atom is 0.147 e. The fourth-order valence-corrected chi connectivity index (χ4v) is 9.64. The second-order valence-corrected chi connectivity index (χ2v) is 16.4. The lowest BCUT2D eigenvalue weighted by Crippen LogP contribution is -2.12. The molecule has 0 radical (unpaired) electrons. The molecule has 2 heterocycles. The summed E-state index contributed by atoms with van der Waals surface area (Å²) < 4.78 is 36.3. The van der Waals surface area contributed by atoms with Gasteiger partial charge in [-0.2, -0.15) is 0 Å². The standard InChI is InChI=1S/C60H40F2N4/c61-53-21-9-13-25-59(53)63(47-35-37-57-51(39-47)49-19-7-11-23-55(49)65(57)43-15-3-1-4-16-43)45-31-27-41(28-32-45)42-29-33-46(34-30-42)64(60-26-14-10-22-54(60)62)48-36-38-58-52(40-48)50-20-8-12-24-56(50)66(58)44-17-5-2-6-18-44/h1-40H. The van der Waals surface area contributed by atoms with E-state index in [1.807, 2.05) is 70.5 Å². The van der Waals surface area contributed by atoms with Crippen molar-refractivity contribution in [3.05, 3.63) is 254 Å². The van der Waals surface area contributed by atoms with Gasteiger partial charge in [-0.3, -0.25) is 0 Å². The molecule has 0 bridgehead atoms. The molecule has 12 aromatic rings. The Bertz CT molecular complexity index is 3480. The van der Waals surface area contributed by atoms with Gasteiger partial charge in [-0.25, -0.2) is 8.78 Å². The zero-order valence-corrected chi connectivity index (χ0v) is 35.6. The number of rotatable bonds is 9. The third-order valence-corrected chi connectivity index (χ3v) is 12.6. The SMILES string of the molecule is Fc1ccccc1N(c1ccc(-c2ccc(N(c3ccc4c(c3)c3ccccc3n4-c3ccccc3)c3ccccc3F)cc2)cc1)c1ccc2c(c1)c1ccccc1n2-c1ccccc1. The highest BCUT2D eigenvalue weighted by Crippen LogP contribution is 2.43. The summed E-state index contributed by atoms with van der Waals surface area (Å²) in [6, 6.07) is 80.6. The molecule has 0 fully saturated rings. The van der Waals surface area contributed by atoms with Crippen LogP contribution in [0.15, 0.2) is 243 Å². The van der Waals surface area contributed by atoms with Crippen LogP contribution in [0.2, 0.25) is 0 Å². The van der Waals surface area contributed by atoms with Gasteiger partial charge < -0.3 is 18.9 Å². The molecular weight excluding hydrogens is 815 g/mol. The first-order valence-corrected chi connectivity index (χ1v) is 22.1. The van der Waals surface area contributed by atoms with Gasteiger partial charge in [-0.15, -0.1) is 0 Å². The van der Waals surface area contributed by atoms with Crippen molar-refractivity contribution in [1.82, 2.24) is 9.13 Å². The molecule has 0 aliphatic heterocycles. The summed E-state index contributed by atoms with van der Waals surface area (Å²) in [5.41, 5.74) is 12.7. The van der Waals surface area contributed by atoms with Crippen LogP contribution in [0.3, 0.4) is 0 Å². The third-order valence-electron chi connectivity index (χ3n) is 12.6. The molecule has 0 atom stereocenters. The highest BCUT2D eigenvalue weighted by Gasteiger charge is 2.22. The molecule has 6 heteroatoms. The van der Waals surface area contributed by atoms with E-state index in [0.29, 0.717) is 11.4 Å². The average Bonchev–Trinajstić information content (AvgIpc) is 3.89. The molecule has 0 spiro atoms. The van der Waals surface area contributed by atoms with Crippen molar-refractivity contribution in [3.8, 4) is 22.5 Å². The Hall–Kier alpha value is -8.74. The summed E-state index contributed by atoms with van der Waals surface area (Å²) in [6.45, 7) is 0. The van der Waals surface area contributed by atoms with Crippen molar-refractivity contribution in [2.24, 2.45) is 0 Å². The number of nitrogens with zero attached hydrogens (tertiary/aromatic N) is 4. The van der Waals surface area contributed by atoms with E-state index in [-0.39, 0.29) is 11.6 Å². The van der Waals surface area contributed by atoms with Gasteiger partial charge in [0.15, 0.2) is 0 Å². The number of para-hydroxylation sites is 6. The number of fused-ring (bicyclic) bond motifs is 6. The summed E-state index contributed by atoms with van der Waals surface area (Å²) in [5, 5.41) is 4.40. The Labute approximate surface area is 380 Å². The van der Waals surface area contributed by atoms with Crippen molar-refractivity contribution >= 4 is 77.7 Å². The van der Waals surface area contributed by atoms with E-state index in [0.717, 1.165) is 88.9 Å². The lowest BCUT2D eigenvalue weighted by Gasteiger charge is -2.27. The van der Waals surface area contributed by atoms with E-state index in [4.69, 9.17) is 0 Å². The Morgan fingerprint density at radius 1 is 0.273 bits per heavy atom. The number of hydrogen-bond acceptors (Lipinski definition) is 2. The third kappa shape index (κ3) is 6.58. The van der Waals surface area contributed by atoms with Gasteiger partial charge >= 0.3 is 0 Å². The van der Waals surface area contributed by atoms with E-state index in [2.05, 4.69) is 167 Å². The maximum atomic E-state index is 15.9. The van der Waals surface area contributed by atoms with Crippen molar-refractivity contribution in [1.29, 1.82) is 0 Å². The Kier molecular flexibility index (Phi) is 9.50. The zero-order valence-electron chi connectivity index (χ0n) is 35.6. The first kappa shape index (κ1) is 38.9. The normalized spacial score (nSPS) is 11.5. The molecule has 0 unspecified atom stereocenters. The molecule has 0 amide bonds. The number of anilines is 6. The summed E-state index contributed by atoms with van der Waals surface area (Å²) in [7, 11) is 0. The predicted octanol–water partition coefficient (Wildman–Crippen LogP) is 16.8. The number of halogens is 2. The van der Waals surface area contributed by atoms with E-state index in [1.165, 1.54) is 12.1 Å². The first-order valence-electron chi connectivity index (χ1n) is 22.1. The van der Waals surface area contributed by atoms with Crippen molar-refractivity contribution in [2.75, 3.05) is 9.80 Å². The summed E-state index contributed by atoms with van der Waals surface area (Å²) in [6.07, 6.45) is 0. The lowest BCUT2D eigenvalue weighted by atomic mass is 10.0. The summed E-state index contributed by atoms with van der Waals surface area (Å²) in [5.74, 6) is -0.631. The van der Waals surface area contributed by atoms with Gasteiger partial charge in [-0.05, 0) is 132 Å². The van der Waals surface area contributed by atoms with Crippen molar-refractivity contribution < 1.29 is 8.78 Å². The van der Waals surface area contributed by atoms with E-state index < -0.39 is 0 Å². The molecule has 0 saturated heterocycles. The fourth-order valence-electron chi connectivity index (χ4n) is 9.64. The number of hydrogen-bond donors (Lipinski definition) is 0. The van der Waals surface area contributed by atoms with Crippen LogP contribution in [0.4, 0.5) is 42.9 Å². The van der Waals surface area contributed by atoms with Gasteiger partial charge in [0.05, 0.1) is 33.4 Å². The van der Waals surface area contributed by atoms with Crippen LogP contribution in [0, 0.1) is 11.6 Å².